The minimum atomic E-state index is 0. The molecular weight excluding hydrogens is 509 g/mol. The normalized spacial score (nSPS) is 19.5. The number of aryl methyl sites for hydroxylation is 2. The Kier molecular flexibility index (Phi) is 9.59. The Hall–Kier alpha value is -1.66. The van der Waals surface area contributed by atoms with Crippen LogP contribution in [0, 0.1) is 6.92 Å². The number of rotatable bonds is 8. The van der Waals surface area contributed by atoms with Crippen molar-refractivity contribution in [2.75, 3.05) is 45.9 Å². The summed E-state index contributed by atoms with van der Waals surface area (Å²) >= 11 is 0. The van der Waals surface area contributed by atoms with Crippen molar-refractivity contribution in [1.82, 2.24) is 30.3 Å². The summed E-state index contributed by atoms with van der Waals surface area (Å²) in [6.45, 7) is 9.16. The predicted molar refractivity (Wildman–Crippen MR) is 130 cm³/mol. The minimum Gasteiger partial charge on any atom is -0.469 e. The fourth-order valence-corrected chi connectivity index (χ4v) is 3.97. The minimum absolute atomic E-state index is 0. The van der Waals surface area contributed by atoms with E-state index in [9.17, 15) is 0 Å². The molecule has 0 radical (unpaired) electrons. The first-order valence-corrected chi connectivity index (χ1v) is 11.0. The number of halogens is 1. The third-order valence-corrected chi connectivity index (χ3v) is 5.55. The molecule has 4 heterocycles. The summed E-state index contributed by atoms with van der Waals surface area (Å²) in [4.78, 5) is 11.8. The molecule has 0 aromatic carbocycles. The number of furan rings is 1. The van der Waals surface area contributed by atoms with Gasteiger partial charge in [-0.15, -0.1) is 24.0 Å². The average molecular weight is 543 g/mol. The van der Waals surface area contributed by atoms with E-state index in [4.69, 9.17) is 14.1 Å². The van der Waals surface area contributed by atoms with Crippen LogP contribution in [0.5, 0.6) is 0 Å². The standard InChI is InChI=1S/C21H33N7O2.HI/c1-17-24-20-6-5-18(16-28(20)26-17)25-21(23-9-7-19-4-2-13-30-19)22-8-3-10-27-11-14-29-15-12-27;/h2,4,13,18H,3,5-12,14-16H2,1H3,(H2,22,23,25);1H. The molecule has 1 saturated heterocycles. The number of hydrogen-bond donors (Lipinski definition) is 2. The van der Waals surface area contributed by atoms with Gasteiger partial charge in [-0.25, -0.2) is 9.67 Å². The molecule has 4 rings (SSSR count). The smallest absolute Gasteiger partial charge is 0.191 e. The van der Waals surface area contributed by atoms with Crippen LogP contribution in [0.2, 0.25) is 0 Å². The lowest BCUT2D eigenvalue weighted by Crippen LogP contribution is -2.47. The van der Waals surface area contributed by atoms with Crippen molar-refractivity contribution in [3.8, 4) is 0 Å². The molecule has 0 spiro atoms. The number of aromatic nitrogens is 3. The molecule has 0 amide bonds. The number of fused-ring (bicyclic) bond motifs is 1. The lowest BCUT2D eigenvalue weighted by atomic mass is 10.1. The Morgan fingerprint density at radius 1 is 1.32 bits per heavy atom. The van der Waals surface area contributed by atoms with Crippen LogP contribution in [0.25, 0.3) is 0 Å². The van der Waals surface area contributed by atoms with Crippen LogP contribution in [0.4, 0.5) is 0 Å². The molecular formula is C21H34IN7O2. The van der Waals surface area contributed by atoms with Gasteiger partial charge in [0.05, 0.1) is 26.0 Å². The topological polar surface area (TPSA) is 92.7 Å². The van der Waals surface area contributed by atoms with Crippen LogP contribution in [-0.4, -0.2) is 77.6 Å². The molecule has 2 aliphatic heterocycles. The Labute approximate surface area is 201 Å². The van der Waals surface area contributed by atoms with E-state index < -0.39 is 0 Å². The zero-order valence-electron chi connectivity index (χ0n) is 18.3. The summed E-state index contributed by atoms with van der Waals surface area (Å²) in [5.74, 6) is 3.78. The summed E-state index contributed by atoms with van der Waals surface area (Å²) in [6, 6.07) is 4.23. The third kappa shape index (κ3) is 7.46. The maximum Gasteiger partial charge on any atom is 0.191 e. The fourth-order valence-electron chi connectivity index (χ4n) is 3.97. The summed E-state index contributed by atoms with van der Waals surface area (Å²) in [6.07, 6.45) is 5.56. The van der Waals surface area contributed by atoms with Crippen molar-refractivity contribution in [2.24, 2.45) is 4.99 Å². The number of guanidine groups is 1. The molecule has 2 aromatic heterocycles. The molecule has 31 heavy (non-hydrogen) atoms. The zero-order chi connectivity index (χ0) is 20.6. The van der Waals surface area contributed by atoms with E-state index in [0.717, 1.165) is 102 Å². The van der Waals surface area contributed by atoms with Crippen molar-refractivity contribution in [2.45, 2.75) is 45.2 Å². The Morgan fingerprint density at radius 2 is 2.19 bits per heavy atom. The van der Waals surface area contributed by atoms with Crippen LogP contribution < -0.4 is 10.6 Å². The maximum absolute atomic E-state index is 5.44. The summed E-state index contributed by atoms with van der Waals surface area (Å²) in [7, 11) is 0. The number of aliphatic imine (C=N–C) groups is 1. The Balaban J connectivity index is 0.00000272. The molecule has 9 nitrogen and oxygen atoms in total. The zero-order valence-corrected chi connectivity index (χ0v) is 20.6. The molecule has 2 aromatic rings. The van der Waals surface area contributed by atoms with E-state index >= 15 is 0 Å². The molecule has 172 valence electrons. The molecule has 1 fully saturated rings. The van der Waals surface area contributed by atoms with Gasteiger partial charge in [-0.2, -0.15) is 5.10 Å². The highest BCUT2D eigenvalue weighted by atomic mass is 127. The van der Waals surface area contributed by atoms with Gasteiger partial charge in [-0.05, 0) is 31.9 Å². The van der Waals surface area contributed by atoms with Crippen LogP contribution in [0.15, 0.2) is 27.8 Å². The van der Waals surface area contributed by atoms with Crippen molar-refractivity contribution in [3.63, 3.8) is 0 Å². The van der Waals surface area contributed by atoms with Gasteiger partial charge in [-0.1, -0.05) is 0 Å². The van der Waals surface area contributed by atoms with Gasteiger partial charge < -0.3 is 19.8 Å². The van der Waals surface area contributed by atoms with E-state index in [2.05, 4.69) is 25.6 Å². The predicted octanol–water partition coefficient (Wildman–Crippen LogP) is 1.61. The number of nitrogens with zero attached hydrogens (tertiary/aromatic N) is 5. The maximum atomic E-state index is 5.44. The van der Waals surface area contributed by atoms with Gasteiger partial charge in [0.1, 0.15) is 17.4 Å². The first kappa shape index (κ1) is 24.0. The molecule has 1 atom stereocenters. The molecule has 0 bridgehead atoms. The van der Waals surface area contributed by atoms with Crippen LogP contribution in [0.1, 0.15) is 30.3 Å². The molecule has 0 aliphatic carbocycles. The fraction of sp³-hybridized carbons (Fsp3) is 0.667. The van der Waals surface area contributed by atoms with E-state index in [0.29, 0.717) is 6.04 Å². The van der Waals surface area contributed by atoms with Gasteiger partial charge in [-0.3, -0.25) is 9.89 Å². The van der Waals surface area contributed by atoms with Crippen LogP contribution in [-0.2, 0) is 24.1 Å². The largest absolute Gasteiger partial charge is 0.469 e. The third-order valence-electron chi connectivity index (χ3n) is 5.55. The highest BCUT2D eigenvalue weighted by Gasteiger charge is 2.21. The van der Waals surface area contributed by atoms with E-state index in [1.807, 2.05) is 23.7 Å². The van der Waals surface area contributed by atoms with Gasteiger partial charge in [0, 0.05) is 51.6 Å². The van der Waals surface area contributed by atoms with Gasteiger partial charge >= 0.3 is 0 Å². The van der Waals surface area contributed by atoms with Gasteiger partial charge in [0.25, 0.3) is 0 Å². The van der Waals surface area contributed by atoms with Crippen molar-refractivity contribution in [1.29, 1.82) is 0 Å². The first-order valence-electron chi connectivity index (χ1n) is 11.0. The average Bonchev–Trinajstić information content (AvgIpc) is 3.40. The van der Waals surface area contributed by atoms with E-state index in [-0.39, 0.29) is 24.0 Å². The molecule has 0 saturated carbocycles. The Bertz CT molecular complexity index is 803. The number of nitrogens with one attached hydrogen (secondary N) is 2. The SMILES string of the molecule is Cc1nc2n(n1)CC(NC(=NCCCN1CCOCC1)NCCc1ccco1)CC2.I. The number of morpholine rings is 1. The second-order valence-corrected chi connectivity index (χ2v) is 7.93. The van der Waals surface area contributed by atoms with E-state index in [1.54, 1.807) is 6.26 Å². The summed E-state index contributed by atoms with van der Waals surface area (Å²) in [5, 5.41) is 11.6. The highest BCUT2D eigenvalue weighted by Crippen LogP contribution is 2.12. The molecule has 2 N–H and O–H groups in total. The number of hydrogen-bond acceptors (Lipinski definition) is 6. The summed E-state index contributed by atoms with van der Waals surface area (Å²) in [5.41, 5.74) is 0. The number of ether oxygens (including phenoxy) is 1. The first-order chi connectivity index (χ1) is 14.8. The lowest BCUT2D eigenvalue weighted by molar-refractivity contribution is 0.0377. The van der Waals surface area contributed by atoms with Crippen molar-refractivity contribution in [3.05, 3.63) is 35.8 Å². The lowest BCUT2D eigenvalue weighted by Gasteiger charge is -2.26. The van der Waals surface area contributed by atoms with E-state index in [1.165, 1.54) is 0 Å². The molecule has 1 unspecified atom stereocenters. The molecule has 10 heteroatoms. The van der Waals surface area contributed by atoms with Gasteiger partial charge in [0.15, 0.2) is 5.96 Å². The van der Waals surface area contributed by atoms with Crippen LogP contribution >= 0.6 is 24.0 Å². The highest BCUT2D eigenvalue weighted by molar-refractivity contribution is 14.0. The quantitative estimate of drug-likeness (QED) is 0.226. The second kappa shape index (κ2) is 12.4. The monoisotopic (exact) mass is 543 g/mol. The van der Waals surface area contributed by atoms with Crippen molar-refractivity contribution < 1.29 is 9.15 Å². The van der Waals surface area contributed by atoms with Crippen molar-refractivity contribution >= 4 is 29.9 Å². The van der Waals surface area contributed by atoms with Gasteiger partial charge in [0.2, 0.25) is 0 Å². The molecule has 2 aliphatic rings. The van der Waals surface area contributed by atoms with Crippen LogP contribution in [0.3, 0.4) is 0 Å². The second-order valence-electron chi connectivity index (χ2n) is 7.93. The summed E-state index contributed by atoms with van der Waals surface area (Å²) < 4.78 is 12.9. The Morgan fingerprint density at radius 3 is 3.00 bits per heavy atom.